The van der Waals surface area contributed by atoms with Gasteiger partial charge in [-0.15, -0.1) is 0 Å². The molecule has 0 radical (unpaired) electrons. The number of aromatic nitrogens is 1. The number of nitriles is 1. The zero-order valence-corrected chi connectivity index (χ0v) is 18.2. The van der Waals surface area contributed by atoms with Crippen LogP contribution in [0.2, 0.25) is 5.02 Å². The second kappa shape index (κ2) is 10.1. The van der Waals surface area contributed by atoms with E-state index in [9.17, 15) is 14.4 Å². The van der Waals surface area contributed by atoms with Gasteiger partial charge in [-0.1, -0.05) is 48.0 Å². The lowest BCUT2D eigenvalue weighted by molar-refractivity contribution is -0.116. The van der Waals surface area contributed by atoms with Gasteiger partial charge in [0.25, 0.3) is 0 Å². The van der Waals surface area contributed by atoms with Crippen LogP contribution in [-0.4, -0.2) is 10.9 Å². The van der Waals surface area contributed by atoms with E-state index < -0.39 is 5.92 Å². The quantitative estimate of drug-likeness (QED) is 0.348. The summed E-state index contributed by atoms with van der Waals surface area (Å²) in [7, 11) is 0. The Hall–Kier alpha value is -3.95. The number of halogens is 2. The first-order chi connectivity index (χ1) is 16.0. The second-order valence-electron chi connectivity index (χ2n) is 7.38. The number of amides is 1. The number of anilines is 1. The van der Waals surface area contributed by atoms with Gasteiger partial charge in [0.15, 0.2) is 11.7 Å². The molecule has 0 aliphatic carbocycles. The maximum absolute atomic E-state index is 13.1. The Morgan fingerprint density at radius 2 is 1.88 bits per heavy atom. The van der Waals surface area contributed by atoms with Crippen molar-refractivity contribution in [3.05, 3.63) is 107 Å². The molecule has 1 amide bonds. The smallest absolute Gasteiger partial charge is 0.224 e. The molecule has 1 atom stereocenters. The van der Waals surface area contributed by atoms with E-state index in [1.54, 1.807) is 36.5 Å². The van der Waals surface area contributed by atoms with E-state index in [0.717, 1.165) is 5.56 Å². The van der Waals surface area contributed by atoms with Gasteiger partial charge in [-0.3, -0.25) is 4.79 Å². The summed E-state index contributed by atoms with van der Waals surface area (Å²) in [5.74, 6) is -0.119. The average Bonchev–Trinajstić information content (AvgIpc) is 3.30. The highest BCUT2D eigenvalue weighted by Crippen LogP contribution is 2.32. The van der Waals surface area contributed by atoms with Crippen molar-refractivity contribution >= 4 is 23.2 Å². The molecular formula is C26H19ClFN3O2. The summed E-state index contributed by atoms with van der Waals surface area (Å²) >= 11 is 6.43. The minimum Gasteiger partial charge on any atom is -0.441 e. The van der Waals surface area contributed by atoms with Crippen molar-refractivity contribution in [3.63, 3.8) is 0 Å². The molecule has 1 unspecified atom stereocenters. The van der Waals surface area contributed by atoms with Crippen molar-refractivity contribution in [3.8, 4) is 17.4 Å². The number of hydrogen-bond donors (Lipinski definition) is 1. The minimum atomic E-state index is -0.496. The van der Waals surface area contributed by atoms with Gasteiger partial charge in [0.1, 0.15) is 5.82 Å². The van der Waals surface area contributed by atoms with Gasteiger partial charge >= 0.3 is 0 Å². The Labute approximate surface area is 195 Å². The molecule has 0 aliphatic rings. The minimum absolute atomic E-state index is 0.160. The Kier molecular flexibility index (Phi) is 6.82. The fourth-order valence-corrected chi connectivity index (χ4v) is 3.72. The normalized spacial score (nSPS) is 11.5. The number of oxazole rings is 1. The summed E-state index contributed by atoms with van der Waals surface area (Å²) in [6.07, 6.45) is 2.02. The van der Waals surface area contributed by atoms with Gasteiger partial charge in [0.05, 0.1) is 18.2 Å². The van der Waals surface area contributed by atoms with Gasteiger partial charge in [-0.05, 0) is 47.5 Å². The zero-order chi connectivity index (χ0) is 23.2. The molecule has 4 rings (SSSR count). The van der Waals surface area contributed by atoms with Crippen molar-refractivity contribution in [1.82, 2.24) is 4.98 Å². The van der Waals surface area contributed by atoms with Crippen LogP contribution < -0.4 is 5.32 Å². The predicted octanol–water partition coefficient (Wildman–Crippen LogP) is 6.36. The Morgan fingerprint density at radius 3 is 2.58 bits per heavy atom. The van der Waals surface area contributed by atoms with E-state index in [4.69, 9.17) is 16.0 Å². The lowest BCUT2D eigenvalue weighted by atomic mass is 9.92. The number of benzene rings is 3. The molecular weight excluding hydrogens is 441 g/mol. The highest BCUT2D eigenvalue weighted by atomic mass is 35.5. The first-order valence-corrected chi connectivity index (χ1v) is 10.7. The maximum atomic E-state index is 13.1. The van der Waals surface area contributed by atoms with Crippen molar-refractivity contribution in [2.45, 2.75) is 18.8 Å². The van der Waals surface area contributed by atoms with Gasteiger partial charge in [0.2, 0.25) is 5.91 Å². The van der Waals surface area contributed by atoms with Gasteiger partial charge < -0.3 is 9.73 Å². The third kappa shape index (κ3) is 5.46. The van der Waals surface area contributed by atoms with E-state index >= 15 is 0 Å². The van der Waals surface area contributed by atoms with Crippen LogP contribution in [0.1, 0.15) is 29.4 Å². The van der Waals surface area contributed by atoms with Crippen molar-refractivity contribution in [1.29, 1.82) is 5.26 Å². The monoisotopic (exact) mass is 459 g/mol. The number of hydrogen-bond acceptors (Lipinski definition) is 4. The van der Waals surface area contributed by atoms with Crippen LogP contribution in [0.4, 0.5) is 10.1 Å². The van der Waals surface area contributed by atoms with Crippen LogP contribution in [0, 0.1) is 17.1 Å². The molecule has 1 heterocycles. The van der Waals surface area contributed by atoms with Crippen molar-refractivity contribution in [2.24, 2.45) is 0 Å². The standard InChI is InChI=1S/C26H19ClFN3O2/c27-23-14-20(10-11-21(23)22(15-29)17-4-2-1-3-5-17)31-25(32)12-13-26-30-16-24(33-26)18-6-8-19(28)9-7-18/h1-11,14,16,22H,12-13H2,(H,31,32). The fraction of sp³-hybridized carbons (Fsp3) is 0.115. The lowest BCUT2D eigenvalue weighted by Gasteiger charge is -2.13. The SMILES string of the molecule is N#CC(c1ccccc1)c1ccc(NC(=O)CCc2ncc(-c3ccc(F)cc3)o2)cc1Cl. The Balaban J connectivity index is 1.37. The molecule has 0 spiro atoms. The number of nitrogens with zero attached hydrogens (tertiary/aromatic N) is 2. The molecule has 33 heavy (non-hydrogen) atoms. The zero-order valence-electron chi connectivity index (χ0n) is 17.5. The molecule has 1 aromatic heterocycles. The first kappa shape index (κ1) is 22.3. The van der Waals surface area contributed by atoms with Crippen LogP contribution >= 0.6 is 11.6 Å². The van der Waals surface area contributed by atoms with Crippen LogP contribution in [-0.2, 0) is 11.2 Å². The lowest BCUT2D eigenvalue weighted by Crippen LogP contribution is -2.12. The number of nitrogens with one attached hydrogen (secondary N) is 1. The molecule has 5 nitrogen and oxygen atoms in total. The van der Waals surface area contributed by atoms with Crippen LogP contribution in [0.25, 0.3) is 11.3 Å². The van der Waals surface area contributed by atoms with E-state index in [0.29, 0.717) is 39.9 Å². The molecule has 0 aliphatic heterocycles. The van der Waals surface area contributed by atoms with Crippen LogP contribution in [0.15, 0.2) is 83.4 Å². The molecule has 3 aromatic carbocycles. The van der Waals surface area contributed by atoms with Crippen LogP contribution in [0.5, 0.6) is 0 Å². The Bertz CT molecular complexity index is 1300. The maximum Gasteiger partial charge on any atom is 0.224 e. The highest BCUT2D eigenvalue weighted by molar-refractivity contribution is 6.31. The highest BCUT2D eigenvalue weighted by Gasteiger charge is 2.17. The molecule has 0 bridgehead atoms. The molecule has 0 saturated heterocycles. The predicted molar refractivity (Wildman–Crippen MR) is 124 cm³/mol. The largest absolute Gasteiger partial charge is 0.441 e. The van der Waals surface area contributed by atoms with Gasteiger partial charge in [-0.2, -0.15) is 5.26 Å². The summed E-state index contributed by atoms with van der Waals surface area (Å²) in [4.78, 5) is 16.6. The Morgan fingerprint density at radius 1 is 1.12 bits per heavy atom. The third-order valence-electron chi connectivity index (χ3n) is 5.11. The molecule has 4 aromatic rings. The molecule has 0 fully saturated rings. The number of rotatable bonds is 7. The van der Waals surface area contributed by atoms with E-state index in [-0.39, 0.29) is 18.1 Å². The molecule has 1 N–H and O–H groups in total. The van der Waals surface area contributed by atoms with E-state index in [1.165, 1.54) is 12.1 Å². The molecule has 164 valence electrons. The number of aryl methyl sites for hydroxylation is 1. The number of carbonyl (C=O) groups is 1. The fourth-order valence-electron chi connectivity index (χ4n) is 3.43. The summed E-state index contributed by atoms with van der Waals surface area (Å²) in [5.41, 5.74) is 2.78. The van der Waals surface area contributed by atoms with Gasteiger partial charge in [0, 0.05) is 29.1 Å². The van der Waals surface area contributed by atoms with Crippen LogP contribution in [0.3, 0.4) is 0 Å². The van der Waals surface area contributed by atoms with Gasteiger partial charge in [-0.25, -0.2) is 9.37 Å². The summed E-state index contributed by atoms with van der Waals surface area (Å²) in [6, 6.07) is 22.7. The second-order valence-corrected chi connectivity index (χ2v) is 7.79. The first-order valence-electron chi connectivity index (χ1n) is 10.3. The topological polar surface area (TPSA) is 78.9 Å². The van der Waals surface area contributed by atoms with Crippen molar-refractivity contribution in [2.75, 3.05) is 5.32 Å². The van der Waals surface area contributed by atoms with E-state index in [2.05, 4.69) is 16.4 Å². The summed E-state index contributed by atoms with van der Waals surface area (Å²) < 4.78 is 18.7. The van der Waals surface area contributed by atoms with E-state index in [1.807, 2.05) is 30.3 Å². The number of carbonyl (C=O) groups excluding carboxylic acids is 1. The summed E-state index contributed by atoms with van der Waals surface area (Å²) in [5, 5.41) is 12.8. The summed E-state index contributed by atoms with van der Waals surface area (Å²) in [6.45, 7) is 0. The van der Waals surface area contributed by atoms with Crippen molar-refractivity contribution < 1.29 is 13.6 Å². The third-order valence-corrected chi connectivity index (χ3v) is 5.43. The average molecular weight is 460 g/mol. The molecule has 7 heteroatoms. The molecule has 0 saturated carbocycles.